The van der Waals surface area contributed by atoms with Crippen LogP contribution in [0.4, 0.5) is 0 Å². The molecule has 5 heteroatoms. The highest BCUT2D eigenvalue weighted by molar-refractivity contribution is 6.00. The van der Waals surface area contributed by atoms with Crippen LogP contribution in [0, 0.1) is 5.92 Å². The molecule has 2 rings (SSSR count). The van der Waals surface area contributed by atoms with Gasteiger partial charge in [0.1, 0.15) is 11.5 Å². The standard InChI is InChI=1S/C14H19NO4/c1-9-7-15(5-4-12(9)17)8-14(19)11-3-2-10(16)6-13(11)18/h2-3,6,9,12,16-18H,4-5,7-8H2,1H3. The van der Waals surface area contributed by atoms with Crippen molar-refractivity contribution in [2.45, 2.75) is 19.4 Å². The maximum Gasteiger partial charge on any atom is 0.180 e. The van der Waals surface area contributed by atoms with E-state index >= 15 is 0 Å². The first-order valence-corrected chi connectivity index (χ1v) is 6.43. The highest BCUT2D eigenvalue weighted by atomic mass is 16.3. The van der Waals surface area contributed by atoms with E-state index in [0.29, 0.717) is 19.5 Å². The van der Waals surface area contributed by atoms with E-state index in [0.717, 1.165) is 6.07 Å². The molecule has 1 aliphatic rings. The topological polar surface area (TPSA) is 81.0 Å². The van der Waals surface area contributed by atoms with Crippen molar-refractivity contribution in [2.75, 3.05) is 19.6 Å². The molecule has 0 aromatic heterocycles. The summed E-state index contributed by atoms with van der Waals surface area (Å²) in [4.78, 5) is 14.1. The van der Waals surface area contributed by atoms with Gasteiger partial charge in [0.2, 0.25) is 0 Å². The van der Waals surface area contributed by atoms with Gasteiger partial charge in [-0.05, 0) is 24.5 Å². The number of hydrogen-bond donors (Lipinski definition) is 3. The number of Topliss-reactive ketones (excluding diaryl/α,β-unsaturated/α-hetero) is 1. The molecular weight excluding hydrogens is 246 g/mol. The van der Waals surface area contributed by atoms with E-state index in [9.17, 15) is 20.1 Å². The summed E-state index contributed by atoms with van der Waals surface area (Å²) in [5.41, 5.74) is 0.219. The summed E-state index contributed by atoms with van der Waals surface area (Å²) in [6.45, 7) is 3.52. The van der Waals surface area contributed by atoms with Gasteiger partial charge in [-0.2, -0.15) is 0 Å². The maximum atomic E-state index is 12.1. The lowest BCUT2D eigenvalue weighted by atomic mass is 9.96. The van der Waals surface area contributed by atoms with Crippen LogP contribution >= 0.6 is 0 Å². The second-order valence-corrected chi connectivity index (χ2v) is 5.19. The Bertz CT molecular complexity index is 475. The van der Waals surface area contributed by atoms with Gasteiger partial charge in [-0.25, -0.2) is 0 Å². The number of phenols is 2. The van der Waals surface area contributed by atoms with Crippen molar-refractivity contribution in [3.63, 3.8) is 0 Å². The molecular formula is C14H19NO4. The molecule has 2 atom stereocenters. The number of carbonyl (C=O) groups is 1. The number of aliphatic hydroxyl groups excluding tert-OH is 1. The van der Waals surface area contributed by atoms with Crippen LogP contribution < -0.4 is 0 Å². The molecule has 0 amide bonds. The van der Waals surface area contributed by atoms with E-state index in [1.165, 1.54) is 12.1 Å². The minimum absolute atomic E-state index is 0.0660. The van der Waals surface area contributed by atoms with Crippen LogP contribution in [0.2, 0.25) is 0 Å². The number of carbonyl (C=O) groups excluding carboxylic acids is 1. The maximum absolute atomic E-state index is 12.1. The SMILES string of the molecule is CC1CN(CC(=O)c2ccc(O)cc2O)CCC1O. The van der Waals surface area contributed by atoms with E-state index < -0.39 is 0 Å². The van der Waals surface area contributed by atoms with E-state index in [1.807, 2.05) is 11.8 Å². The monoisotopic (exact) mass is 265 g/mol. The number of aromatic hydroxyl groups is 2. The van der Waals surface area contributed by atoms with Gasteiger partial charge in [-0.1, -0.05) is 6.92 Å². The van der Waals surface area contributed by atoms with Crippen LogP contribution in [0.5, 0.6) is 11.5 Å². The third-order valence-electron chi connectivity index (χ3n) is 3.59. The normalized spacial score (nSPS) is 24.3. The molecule has 0 spiro atoms. The average Bonchev–Trinajstić information content (AvgIpc) is 2.33. The summed E-state index contributed by atoms with van der Waals surface area (Å²) in [6, 6.07) is 3.97. The van der Waals surface area contributed by atoms with Crippen molar-refractivity contribution in [3.8, 4) is 11.5 Å². The molecule has 0 aliphatic carbocycles. The number of nitrogens with zero attached hydrogens (tertiary/aromatic N) is 1. The fraction of sp³-hybridized carbons (Fsp3) is 0.500. The minimum Gasteiger partial charge on any atom is -0.508 e. The van der Waals surface area contributed by atoms with Gasteiger partial charge in [0, 0.05) is 19.2 Å². The van der Waals surface area contributed by atoms with Gasteiger partial charge in [-0.3, -0.25) is 9.69 Å². The van der Waals surface area contributed by atoms with Gasteiger partial charge >= 0.3 is 0 Å². The summed E-state index contributed by atoms with van der Waals surface area (Å²) in [7, 11) is 0. The Morgan fingerprint density at radius 2 is 2.16 bits per heavy atom. The molecule has 1 fully saturated rings. The molecule has 1 aromatic carbocycles. The second kappa shape index (κ2) is 5.59. The summed E-state index contributed by atoms with van der Waals surface area (Å²) >= 11 is 0. The number of ketones is 1. The van der Waals surface area contributed by atoms with Crippen LogP contribution in [-0.2, 0) is 0 Å². The largest absolute Gasteiger partial charge is 0.508 e. The smallest absolute Gasteiger partial charge is 0.180 e. The van der Waals surface area contributed by atoms with Crippen molar-refractivity contribution in [1.29, 1.82) is 0 Å². The lowest BCUT2D eigenvalue weighted by Crippen LogP contribution is -2.44. The minimum atomic E-state index is -0.298. The highest BCUT2D eigenvalue weighted by Gasteiger charge is 2.26. The molecule has 1 saturated heterocycles. The number of likely N-dealkylation sites (tertiary alicyclic amines) is 1. The van der Waals surface area contributed by atoms with Gasteiger partial charge in [0.25, 0.3) is 0 Å². The Kier molecular flexibility index (Phi) is 4.07. The zero-order chi connectivity index (χ0) is 14.0. The highest BCUT2D eigenvalue weighted by Crippen LogP contribution is 2.24. The first-order valence-electron chi connectivity index (χ1n) is 6.43. The van der Waals surface area contributed by atoms with Gasteiger partial charge in [-0.15, -0.1) is 0 Å². The summed E-state index contributed by atoms with van der Waals surface area (Å²) in [5.74, 6) is -0.296. The van der Waals surface area contributed by atoms with Crippen molar-refractivity contribution >= 4 is 5.78 Å². The predicted octanol–water partition coefficient (Wildman–Crippen LogP) is 0.983. The third-order valence-corrected chi connectivity index (χ3v) is 3.59. The number of benzene rings is 1. The Hall–Kier alpha value is -1.59. The Morgan fingerprint density at radius 1 is 1.42 bits per heavy atom. The lowest BCUT2D eigenvalue weighted by Gasteiger charge is -2.33. The van der Waals surface area contributed by atoms with Crippen molar-refractivity contribution in [2.24, 2.45) is 5.92 Å². The Morgan fingerprint density at radius 3 is 2.79 bits per heavy atom. The van der Waals surface area contributed by atoms with Gasteiger partial charge in [0.05, 0.1) is 18.2 Å². The van der Waals surface area contributed by atoms with Crippen molar-refractivity contribution in [1.82, 2.24) is 4.90 Å². The van der Waals surface area contributed by atoms with Crippen LogP contribution in [-0.4, -0.2) is 51.7 Å². The first-order chi connectivity index (χ1) is 8.97. The summed E-state index contributed by atoms with van der Waals surface area (Å²) in [6.07, 6.45) is 0.365. The number of aliphatic hydroxyl groups is 1. The molecule has 1 heterocycles. The molecule has 1 aromatic rings. The molecule has 1 aliphatic heterocycles. The molecule has 104 valence electrons. The fourth-order valence-electron chi connectivity index (χ4n) is 2.41. The summed E-state index contributed by atoms with van der Waals surface area (Å²) < 4.78 is 0. The predicted molar refractivity (Wildman–Crippen MR) is 70.3 cm³/mol. The van der Waals surface area contributed by atoms with E-state index in [1.54, 1.807) is 0 Å². The van der Waals surface area contributed by atoms with Crippen LogP contribution in [0.3, 0.4) is 0 Å². The Labute approximate surface area is 112 Å². The number of piperidine rings is 1. The first kappa shape index (κ1) is 13.8. The zero-order valence-corrected chi connectivity index (χ0v) is 10.9. The molecule has 3 N–H and O–H groups in total. The number of rotatable bonds is 3. The fourth-order valence-corrected chi connectivity index (χ4v) is 2.41. The molecule has 19 heavy (non-hydrogen) atoms. The van der Waals surface area contributed by atoms with Crippen molar-refractivity contribution in [3.05, 3.63) is 23.8 Å². The molecule has 5 nitrogen and oxygen atoms in total. The molecule has 0 radical (unpaired) electrons. The van der Waals surface area contributed by atoms with E-state index in [2.05, 4.69) is 0 Å². The van der Waals surface area contributed by atoms with Gasteiger partial charge < -0.3 is 15.3 Å². The van der Waals surface area contributed by atoms with Crippen LogP contribution in [0.1, 0.15) is 23.7 Å². The summed E-state index contributed by atoms with van der Waals surface area (Å²) in [5, 5.41) is 28.5. The molecule has 0 bridgehead atoms. The van der Waals surface area contributed by atoms with E-state index in [-0.39, 0.29) is 41.4 Å². The van der Waals surface area contributed by atoms with Gasteiger partial charge in [0.15, 0.2) is 5.78 Å². The van der Waals surface area contributed by atoms with Crippen molar-refractivity contribution < 1.29 is 20.1 Å². The molecule has 0 saturated carbocycles. The quantitative estimate of drug-likeness (QED) is 0.710. The average molecular weight is 265 g/mol. The number of hydrogen-bond acceptors (Lipinski definition) is 5. The number of phenolic OH excluding ortho intramolecular Hbond substituents is 2. The van der Waals surface area contributed by atoms with Crippen LogP contribution in [0.15, 0.2) is 18.2 Å². The van der Waals surface area contributed by atoms with Crippen LogP contribution in [0.25, 0.3) is 0 Å². The lowest BCUT2D eigenvalue weighted by molar-refractivity contribution is 0.0344. The van der Waals surface area contributed by atoms with E-state index in [4.69, 9.17) is 0 Å². The second-order valence-electron chi connectivity index (χ2n) is 5.19. The Balaban J connectivity index is 2.01. The zero-order valence-electron chi connectivity index (χ0n) is 10.9. The third kappa shape index (κ3) is 3.24. The molecule has 2 unspecified atom stereocenters.